The summed E-state index contributed by atoms with van der Waals surface area (Å²) in [6, 6.07) is 6.65. The van der Waals surface area contributed by atoms with E-state index in [9.17, 15) is 18.0 Å². The van der Waals surface area contributed by atoms with Crippen LogP contribution in [0.1, 0.15) is 0 Å². The molecular formula is C14H16BrN3O7. The van der Waals surface area contributed by atoms with E-state index in [0.29, 0.717) is 17.9 Å². The van der Waals surface area contributed by atoms with Crippen molar-refractivity contribution >= 4 is 23.4 Å². The summed E-state index contributed by atoms with van der Waals surface area (Å²) < 4.78 is 36.0. The Morgan fingerprint density at radius 3 is 2.40 bits per heavy atom. The molecule has 1 aromatic rings. The van der Waals surface area contributed by atoms with Gasteiger partial charge < -0.3 is 28.5 Å². The highest BCUT2D eigenvalue weighted by Crippen LogP contribution is 2.26. The molecule has 2 saturated heterocycles. The molecule has 10 nitrogen and oxygen atoms in total. The Morgan fingerprint density at radius 1 is 1.20 bits per heavy atom. The number of hydrogen-bond acceptors (Lipinski definition) is 8. The summed E-state index contributed by atoms with van der Waals surface area (Å²) >= 11 is -3.56. The van der Waals surface area contributed by atoms with E-state index < -0.39 is 33.1 Å². The first-order valence-electron chi connectivity index (χ1n) is 7.43. The first-order chi connectivity index (χ1) is 12.0. The Hall–Kier alpha value is -1.76. The third kappa shape index (κ3) is 3.92. The number of halogens is 1. The van der Waals surface area contributed by atoms with Gasteiger partial charge in [0.05, 0.1) is 13.2 Å². The number of carbonyl (C=O) groups is 2. The van der Waals surface area contributed by atoms with Gasteiger partial charge in [0.2, 0.25) is 0 Å². The number of amides is 2. The van der Waals surface area contributed by atoms with Crippen LogP contribution in [-0.4, -0.2) is 50.6 Å². The molecule has 25 heavy (non-hydrogen) atoms. The fourth-order valence-electron chi connectivity index (χ4n) is 2.61. The van der Waals surface area contributed by atoms with E-state index in [0.717, 1.165) is 0 Å². The molecule has 0 aromatic heterocycles. The minimum Gasteiger partial charge on any atom is -0.443 e. The number of hydrogen-bond donors (Lipinski definition) is 1. The summed E-state index contributed by atoms with van der Waals surface area (Å²) in [6.45, 7) is 1.01. The van der Waals surface area contributed by atoms with Gasteiger partial charge in [-0.3, -0.25) is 9.69 Å². The van der Waals surface area contributed by atoms with Crippen molar-refractivity contribution in [2.24, 2.45) is 5.73 Å². The molecule has 2 N–H and O–H groups in total. The monoisotopic (exact) mass is 417 g/mol. The van der Waals surface area contributed by atoms with Gasteiger partial charge in [-0.05, 0) is 24.3 Å². The molecule has 2 heterocycles. The molecule has 2 aliphatic rings. The minimum atomic E-state index is -3.56. The standard InChI is InChI=1S/C14H16BrN3O7/c16-7-11-8-18(14(20)24-11)10-3-1-9(2-4-10)17-5-6-23-13(12(17)19)25-15(21)22/h1-4,11,13H,5-8,16H2/t11-,13?/m0/s1. The van der Waals surface area contributed by atoms with Crippen LogP contribution in [-0.2, 0) is 18.1 Å². The Kier molecular flexibility index (Phi) is 5.51. The summed E-state index contributed by atoms with van der Waals surface area (Å²) in [5.41, 5.74) is 6.66. The van der Waals surface area contributed by atoms with Gasteiger partial charge in [-0.2, -0.15) is 0 Å². The lowest BCUT2D eigenvalue weighted by atomic mass is 10.2. The van der Waals surface area contributed by atoms with Crippen LogP contribution in [0.25, 0.3) is 0 Å². The Balaban J connectivity index is 1.72. The quantitative estimate of drug-likeness (QED) is 0.566. The molecule has 2 fully saturated rings. The van der Waals surface area contributed by atoms with E-state index in [-0.39, 0.29) is 25.8 Å². The van der Waals surface area contributed by atoms with Crippen molar-refractivity contribution in [2.75, 3.05) is 36.0 Å². The molecule has 0 saturated carbocycles. The van der Waals surface area contributed by atoms with Crippen LogP contribution in [0, 0.1) is 14.8 Å². The predicted molar refractivity (Wildman–Crippen MR) is 76.3 cm³/mol. The Bertz CT molecular complexity index is 642. The van der Waals surface area contributed by atoms with Crippen LogP contribution in [0.4, 0.5) is 16.2 Å². The predicted octanol–water partition coefficient (Wildman–Crippen LogP) is -2.24. The molecule has 0 bridgehead atoms. The van der Waals surface area contributed by atoms with Gasteiger partial charge in [0.1, 0.15) is 6.10 Å². The second-order valence-electron chi connectivity index (χ2n) is 5.34. The zero-order chi connectivity index (χ0) is 18.0. The van der Waals surface area contributed by atoms with Crippen LogP contribution >= 0.6 is 0 Å². The molecule has 1 unspecified atom stereocenters. The first-order valence-corrected chi connectivity index (χ1v) is 9.38. The lowest BCUT2D eigenvalue weighted by molar-refractivity contribution is -1.63. The van der Waals surface area contributed by atoms with E-state index in [2.05, 4.69) is 3.83 Å². The summed E-state index contributed by atoms with van der Waals surface area (Å²) in [5, 5.41) is 0. The van der Waals surface area contributed by atoms with Crippen LogP contribution in [0.2, 0.25) is 0 Å². The molecule has 0 spiro atoms. The minimum absolute atomic E-state index is 0.143. The fraction of sp³-hybridized carbons (Fsp3) is 0.429. The number of morpholine rings is 1. The fourth-order valence-corrected chi connectivity index (χ4v) is 3.16. The SMILES string of the molecule is NC[C@H]1CN(c2ccc(N3CCOC(O[Br+2]([O-])[O-])C3=O)cc2)C(=O)O1. The molecule has 2 amide bonds. The lowest BCUT2D eigenvalue weighted by Crippen LogP contribution is -2.52. The highest BCUT2D eigenvalue weighted by atomic mass is 80.0. The van der Waals surface area contributed by atoms with E-state index in [1.165, 1.54) is 9.80 Å². The summed E-state index contributed by atoms with van der Waals surface area (Å²) in [7, 11) is 0. The van der Waals surface area contributed by atoms with Crippen molar-refractivity contribution < 1.29 is 46.1 Å². The van der Waals surface area contributed by atoms with E-state index in [4.69, 9.17) is 15.2 Å². The molecule has 0 radical (unpaired) electrons. The van der Waals surface area contributed by atoms with Gasteiger partial charge in [-0.1, -0.05) is 0 Å². The van der Waals surface area contributed by atoms with Crippen molar-refractivity contribution in [3.8, 4) is 0 Å². The zero-order valence-electron chi connectivity index (χ0n) is 13.0. The number of nitrogens with two attached hydrogens (primary N) is 1. The van der Waals surface area contributed by atoms with Crippen molar-refractivity contribution in [1.82, 2.24) is 0 Å². The van der Waals surface area contributed by atoms with Gasteiger partial charge in [0.25, 0.3) is 5.91 Å². The normalized spacial score (nSPS) is 24.2. The number of anilines is 2. The topological polar surface area (TPSA) is 140 Å². The summed E-state index contributed by atoms with van der Waals surface area (Å²) in [6.07, 6.45) is -2.28. The number of ether oxygens (including phenoxy) is 2. The third-order valence-corrected chi connectivity index (χ3v) is 4.46. The number of nitrogens with zero attached hydrogens (tertiary/aromatic N) is 2. The first kappa shape index (κ1) is 18.0. The van der Waals surface area contributed by atoms with Crippen LogP contribution in [0.5, 0.6) is 0 Å². The van der Waals surface area contributed by atoms with Gasteiger partial charge in [0.15, 0.2) is 0 Å². The molecule has 0 aliphatic carbocycles. The Morgan fingerprint density at radius 2 is 1.84 bits per heavy atom. The van der Waals surface area contributed by atoms with E-state index in [1.807, 2.05) is 0 Å². The molecule has 1 aromatic carbocycles. The van der Waals surface area contributed by atoms with Gasteiger partial charge in [-0.15, -0.1) is 0 Å². The van der Waals surface area contributed by atoms with E-state index >= 15 is 0 Å². The average Bonchev–Trinajstić information content (AvgIpc) is 2.98. The molecular weight excluding hydrogens is 402 g/mol. The van der Waals surface area contributed by atoms with Crippen molar-refractivity contribution in [3.63, 3.8) is 0 Å². The van der Waals surface area contributed by atoms with Gasteiger partial charge >= 0.3 is 27.2 Å². The highest BCUT2D eigenvalue weighted by molar-refractivity contribution is 5.97. The van der Waals surface area contributed by atoms with Crippen molar-refractivity contribution in [3.05, 3.63) is 24.3 Å². The third-order valence-electron chi connectivity index (χ3n) is 3.82. The zero-order valence-corrected chi connectivity index (χ0v) is 14.6. The number of cyclic esters (lactones) is 1. The molecule has 2 atom stereocenters. The van der Waals surface area contributed by atoms with Crippen molar-refractivity contribution in [2.45, 2.75) is 12.4 Å². The number of benzene rings is 1. The summed E-state index contributed by atoms with van der Waals surface area (Å²) in [5.74, 6) is -0.599. The lowest BCUT2D eigenvalue weighted by Gasteiger charge is -2.29. The van der Waals surface area contributed by atoms with Crippen molar-refractivity contribution in [1.29, 1.82) is 0 Å². The molecule has 11 heteroatoms. The average molecular weight is 418 g/mol. The van der Waals surface area contributed by atoms with Gasteiger partial charge in [-0.25, -0.2) is 4.79 Å². The molecule has 136 valence electrons. The number of rotatable bonds is 5. The summed E-state index contributed by atoms with van der Waals surface area (Å²) in [4.78, 5) is 26.9. The molecule has 3 rings (SSSR count). The Labute approximate surface area is 148 Å². The van der Waals surface area contributed by atoms with Crippen LogP contribution in [0.15, 0.2) is 24.3 Å². The second kappa shape index (κ2) is 7.64. The maximum absolute atomic E-state index is 12.3. The van der Waals surface area contributed by atoms with Crippen LogP contribution in [0.3, 0.4) is 0 Å². The highest BCUT2D eigenvalue weighted by Gasteiger charge is 2.39. The second-order valence-corrected chi connectivity index (χ2v) is 6.51. The van der Waals surface area contributed by atoms with Gasteiger partial charge in [0, 0.05) is 28.3 Å². The largest absolute Gasteiger partial charge is 0.443 e. The smallest absolute Gasteiger partial charge is 0.441 e. The number of carbonyl (C=O) groups excluding carboxylic acids is 2. The van der Waals surface area contributed by atoms with E-state index in [1.54, 1.807) is 24.3 Å². The van der Waals surface area contributed by atoms with Crippen LogP contribution < -0.4 is 23.9 Å². The molecule has 2 aliphatic heterocycles. The maximum Gasteiger partial charge on any atom is 0.441 e. The maximum atomic E-state index is 12.3.